The highest BCUT2D eigenvalue weighted by Gasteiger charge is 2.19. The summed E-state index contributed by atoms with van der Waals surface area (Å²) in [5.74, 6) is -0.295. The molecular weight excluding hydrogens is 287 g/mol. The zero-order valence-electron chi connectivity index (χ0n) is 11.5. The molecule has 0 radical (unpaired) electrons. The predicted molar refractivity (Wildman–Crippen MR) is 80.7 cm³/mol. The molecule has 1 aliphatic heterocycles. The topological polar surface area (TPSA) is 43.2 Å². The van der Waals surface area contributed by atoms with E-state index in [0.717, 1.165) is 31.3 Å². The van der Waals surface area contributed by atoms with Gasteiger partial charge in [0.2, 0.25) is 0 Å². The Bertz CT molecular complexity index is 642. The zero-order valence-corrected chi connectivity index (χ0v) is 12.3. The van der Waals surface area contributed by atoms with Crippen molar-refractivity contribution >= 4 is 16.5 Å². The number of nitrogens with zero attached hydrogens (tertiary/aromatic N) is 4. The summed E-state index contributed by atoms with van der Waals surface area (Å²) in [6.45, 7) is 4.18. The molecular formula is C15H15FN4S. The Labute approximate surface area is 127 Å². The van der Waals surface area contributed by atoms with Gasteiger partial charge in [0.25, 0.3) is 0 Å². The van der Waals surface area contributed by atoms with E-state index in [0.29, 0.717) is 17.7 Å². The van der Waals surface area contributed by atoms with Crippen LogP contribution in [0.3, 0.4) is 0 Å². The maximum atomic E-state index is 13.9. The van der Waals surface area contributed by atoms with Gasteiger partial charge in [-0.05, 0) is 12.1 Å². The van der Waals surface area contributed by atoms with E-state index in [2.05, 4.69) is 14.8 Å². The van der Waals surface area contributed by atoms with Gasteiger partial charge in [-0.2, -0.15) is 5.26 Å². The minimum atomic E-state index is -0.295. The first-order chi connectivity index (χ1) is 10.3. The number of piperazine rings is 1. The van der Waals surface area contributed by atoms with E-state index in [1.54, 1.807) is 23.5 Å². The molecule has 0 N–H and O–H groups in total. The summed E-state index contributed by atoms with van der Waals surface area (Å²) in [5.41, 5.74) is 1.02. The number of hydrogen-bond donors (Lipinski definition) is 0. The number of anilines is 1. The Kier molecular flexibility index (Phi) is 4.13. The van der Waals surface area contributed by atoms with Crippen molar-refractivity contribution in [2.75, 3.05) is 31.1 Å². The van der Waals surface area contributed by atoms with E-state index < -0.39 is 0 Å². The van der Waals surface area contributed by atoms with Gasteiger partial charge in [0.15, 0.2) is 5.13 Å². The van der Waals surface area contributed by atoms with Crippen LogP contribution in [-0.4, -0.2) is 36.1 Å². The van der Waals surface area contributed by atoms with Crippen molar-refractivity contribution in [3.8, 4) is 6.07 Å². The average molecular weight is 302 g/mol. The lowest BCUT2D eigenvalue weighted by atomic mass is 10.1. The molecule has 0 spiro atoms. The molecule has 0 amide bonds. The second-order valence-corrected chi connectivity index (χ2v) is 5.87. The molecule has 1 fully saturated rings. The van der Waals surface area contributed by atoms with Crippen LogP contribution in [0.5, 0.6) is 0 Å². The molecule has 0 bridgehead atoms. The quantitative estimate of drug-likeness (QED) is 0.873. The van der Waals surface area contributed by atoms with Gasteiger partial charge in [-0.25, -0.2) is 9.37 Å². The third kappa shape index (κ3) is 3.20. The van der Waals surface area contributed by atoms with Gasteiger partial charge in [0.05, 0.1) is 11.6 Å². The highest BCUT2D eigenvalue weighted by Crippen LogP contribution is 2.20. The number of benzene rings is 1. The molecule has 1 aromatic heterocycles. The smallest absolute Gasteiger partial charge is 0.185 e. The Hall–Kier alpha value is -1.97. The summed E-state index contributed by atoms with van der Waals surface area (Å²) in [6, 6.07) is 6.64. The van der Waals surface area contributed by atoms with Crippen molar-refractivity contribution in [1.29, 1.82) is 5.26 Å². The van der Waals surface area contributed by atoms with Crippen molar-refractivity contribution in [1.82, 2.24) is 9.88 Å². The fraction of sp³-hybridized carbons (Fsp3) is 0.333. The van der Waals surface area contributed by atoms with E-state index in [4.69, 9.17) is 5.26 Å². The fourth-order valence-corrected chi connectivity index (χ4v) is 3.15. The summed E-state index contributed by atoms with van der Waals surface area (Å²) in [7, 11) is 0. The van der Waals surface area contributed by atoms with Crippen LogP contribution in [0.25, 0.3) is 0 Å². The Morgan fingerprint density at radius 2 is 2.10 bits per heavy atom. The molecule has 1 aliphatic rings. The lowest BCUT2D eigenvalue weighted by molar-refractivity contribution is 0.246. The zero-order chi connectivity index (χ0) is 14.7. The minimum absolute atomic E-state index is 0.295. The maximum absolute atomic E-state index is 13.9. The predicted octanol–water partition coefficient (Wildman–Crippen LogP) is 2.48. The van der Waals surface area contributed by atoms with Gasteiger partial charge in [0.1, 0.15) is 5.82 Å². The van der Waals surface area contributed by atoms with Crippen molar-refractivity contribution < 1.29 is 4.39 Å². The second-order valence-electron chi connectivity index (χ2n) is 5.00. The van der Waals surface area contributed by atoms with Crippen LogP contribution in [0.15, 0.2) is 29.8 Å². The van der Waals surface area contributed by atoms with E-state index in [1.165, 1.54) is 6.07 Å². The Morgan fingerprint density at radius 1 is 1.29 bits per heavy atom. The van der Waals surface area contributed by atoms with E-state index in [9.17, 15) is 4.39 Å². The highest BCUT2D eigenvalue weighted by atomic mass is 32.1. The molecule has 2 aromatic rings. The molecule has 1 aromatic carbocycles. The number of hydrogen-bond acceptors (Lipinski definition) is 5. The summed E-state index contributed by atoms with van der Waals surface area (Å²) in [5, 5.41) is 11.8. The van der Waals surface area contributed by atoms with Crippen LogP contribution >= 0.6 is 11.3 Å². The first kappa shape index (κ1) is 14.0. The minimum Gasteiger partial charge on any atom is -0.346 e. The van der Waals surface area contributed by atoms with Crippen molar-refractivity contribution in [3.63, 3.8) is 0 Å². The molecule has 6 heteroatoms. The van der Waals surface area contributed by atoms with Gasteiger partial charge in [0, 0.05) is 49.9 Å². The molecule has 0 unspecified atom stereocenters. The maximum Gasteiger partial charge on any atom is 0.185 e. The van der Waals surface area contributed by atoms with Crippen molar-refractivity contribution in [2.24, 2.45) is 0 Å². The van der Waals surface area contributed by atoms with Gasteiger partial charge < -0.3 is 4.90 Å². The van der Waals surface area contributed by atoms with E-state index in [-0.39, 0.29) is 5.82 Å². The first-order valence-electron chi connectivity index (χ1n) is 6.81. The van der Waals surface area contributed by atoms with Crippen LogP contribution in [0.2, 0.25) is 0 Å². The molecule has 0 atom stereocenters. The van der Waals surface area contributed by atoms with Gasteiger partial charge >= 0.3 is 0 Å². The number of halogens is 1. The van der Waals surface area contributed by atoms with E-state index in [1.807, 2.05) is 17.6 Å². The lowest BCUT2D eigenvalue weighted by Gasteiger charge is -2.34. The standard InChI is InChI=1S/C15H15FN4S/c16-14-9-12(10-17)1-2-13(14)11-19-4-6-20(7-5-19)15-18-3-8-21-15/h1-3,8-9H,4-7,11H2. The van der Waals surface area contributed by atoms with Gasteiger partial charge in [-0.3, -0.25) is 4.90 Å². The molecule has 21 heavy (non-hydrogen) atoms. The average Bonchev–Trinajstić information content (AvgIpc) is 3.04. The monoisotopic (exact) mass is 302 g/mol. The SMILES string of the molecule is N#Cc1ccc(CN2CCN(c3nccs3)CC2)c(F)c1. The number of thiazole rings is 1. The van der Waals surface area contributed by atoms with Crippen molar-refractivity contribution in [3.05, 3.63) is 46.7 Å². The van der Waals surface area contributed by atoms with Crippen molar-refractivity contribution in [2.45, 2.75) is 6.54 Å². The van der Waals surface area contributed by atoms with Gasteiger partial charge in [-0.15, -0.1) is 11.3 Å². The third-order valence-corrected chi connectivity index (χ3v) is 4.47. The number of rotatable bonds is 3. The molecule has 3 rings (SSSR count). The lowest BCUT2D eigenvalue weighted by Crippen LogP contribution is -2.46. The Morgan fingerprint density at radius 3 is 2.71 bits per heavy atom. The van der Waals surface area contributed by atoms with Crippen LogP contribution < -0.4 is 4.90 Å². The summed E-state index contributed by atoms with van der Waals surface area (Å²) in [4.78, 5) is 8.81. The molecule has 108 valence electrons. The largest absolute Gasteiger partial charge is 0.346 e. The first-order valence-corrected chi connectivity index (χ1v) is 7.69. The molecule has 4 nitrogen and oxygen atoms in total. The van der Waals surface area contributed by atoms with E-state index >= 15 is 0 Å². The molecule has 0 aliphatic carbocycles. The number of nitriles is 1. The third-order valence-electron chi connectivity index (χ3n) is 3.64. The van der Waals surface area contributed by atoms with Crippen LogP contribution in [0, 0.1) is 17.1 Å². The summed E-state index contributed by atoms with van der Waals surface area (Å²) < 4.78 is 13.9. The summed E-state index contributed by atoms with van der Waals surface area (Å²) in [6.07, 6.45) is 1.82. The fourth-order valence-electron chi connectivity index (χ4n) is 2.46. The van der Waals surface area contributed by atoms with Crippen LogP contribution in [0.4, 0.5) is 9.52 Å². The molecule has 2 heterocycles. The van der Waals surface area contributed by atoms with Crippen LogP contribution in [0.1, 0.15) is 11.1 Å². The molecule has 0 saturated carbocycles. The Balaban J connectivity index is 1.59. The second kappa shape index (κ2) is 6.20. The molecule has 1 saturated heterocycles. The summed E-state index contributed by atoms with van der Waals surface area (Å²) >= 11 is 1.65. The van der Waals surface area contributed by atoms with Crippen LogP contribution in [-0.2, 0) is 6.54 Å². The van der Waals surface area contributed by atoms with Gasteiger partial charge in [-0.1, -0.05) is 6.07 Å². The normalized spacial score (nSPS) is 15.9. The number of aromatic nitrogens is 1. The highest BCUT2D eigenvalue weighted by molar-refractivity contribution is 7.13.